The van der Waals surface area contributed by atoms with Crippen LogP contribution in [0.1, 0.15) is 76.5 Å². The molecule has 0 radical (unpaired) electrons. The molecule has 2 aliphatic heterocycles. The van der Waals surface area contributed by atoms with E-state index in [1.807, 2.05) is 0 Å². The fourth-order valence-corrected chi connectivity index (χ4v) is 4.04. The molecule has 31 heavy (non-hydrogen) atoms. The van der Waals surface area contributed by atoms with Crippen LogP contribution in [0.4, 0.5) is 0 Å². The van der Waals surface area contributed by atoms with E-state index in [1.54, 1.807) is 24.1 Å². The van der Waals surface area contributed by atoms with Gasteiger partial charge in [-0.25, -0.2) is 0 Å². The summed E-state index contributed by atoms with van der Waals surface area (Å²) in [5.74, 6) is -0.769. The summed E-state index contributed by atoms with van der Waals surface area (Å²) in [6, 6.07) is 4.81. The Bertz CT molecular complexity index is 846. The first-order valence-electron chi connectivity index (χ1n) is 11.0. The molecule has 8 heteroatoms. The number of hydrogen-bond donors (Lipinski definition) is 1. The number of imide groups is 1. The quantitative estimate of drug-likeness (QED) is 0.480. The second-order valence-corrected chi connectivity index (χ2v) is 8.11. The Morgan fingerprint density at radius 1 is 1.10 bits per heavy atom. The van der Waals surface area contributed by atoms with Crippen LogP contribution in [0.5, 0.6) is 0 Å². The zero-order valence-corrected chi connectivity index (χ0v) is 18.3. The van der Waals surface area contributed by atoms with E-state index < -0.39 is 0 Å². The third-order valence-corrected chi connectivity index (χ3v) is 5.85. The number of likely N-dealkylation sites (tertiary alicyclic amines) is 1. The predicted molar refractivity (Wildman–Crippen MR) is 115 cm³/mol. The summed E-state index contributed by atoms with van der Waals surface area (Å²) in [6.07, 6.45) is 4.39. The molecule has 1 N–H and O–H groups in total. The lowest BCUT2D eigenvalue weighted by molar-refractivity contribution is -0.122. The molecule has 4 amide bonds. The van der Waals surface area contributed by atoms with E-state index in [1.165, 1.54) is 11.0 Å². The molecule has 0 bridgehead atoms. The Morgan fingerprint density at radius 3 is 2.48 bits per heavy atom. The average molecular weight is 430 g/mol. The van der Waals surface area contributed by atoms with Gasteiger partial charge >= 0.3 is 0 Å². The number of carbonyl (C=O) groups excluding carboxylic acids is 4. The number of methoxy groups -OCH3 is 1. The highest BCUT2D eigenvalue weighted by Crippen LogP contribution is 2.25. The lowest BCUT2D eigenvalue weighted by atomic mass is 10.0. The third kappa shape index (κ3) is 5.31. The van der Waals surface area contributed by atoms with Gasteiger partial charge < -0.3 is 15.0 Å². The SMILES string of the molecule is CCCCC(=O)NC1CCN(C(=O)c2ccc3c(c2)C(=O)N(CCCOC)C3=O)CC1. The third-order valence-electron chi connectivity index (χ3n) is 5.85. The summed E-state index contributed by atoms with van der Waals surface area (Å²) in [4.78, 5) is 53.0. The molecule has 0 atom stereocenters. The maximum atomic E-state index is 13.0. The molecule has 0 saturated carbocycles. The average Bonchev–Trinajstić information content (AvgIpc) is 3.02. The van der Waals surface area contributed by atoms with Crippen molar-refractivity contribution in [3.63, 3.8) is 0 Å². The normalized spacial score (nSPS) is 16.6. The van der Waals surface area contributed by atoms with Gasteiger partial charge in [-0.2, -0.15) is 0 Å². The van der Waals surface area contributed by atoms with Crippen LogP contribution in [0.25, 0.3) is 0 Å². The van der Waals surface area contributed by atoms with Gasteiger partial charge in [-0.05, 0) is 43.9 Å². The van der Waals surface area contributed by atoms with Crippen molar-refractivity contribution in [3.05, 3.63) is 34.9 Å². The lowest BCUT2D eigenvalue weighted by Gasteiger charge is -2.32. The molecule has 1 saturated heterocycles. The molecule has 2 heterocycles. The largest absolute Gasteiger partial charge is 0.385 e. The minimum Gasteiger partial charge on any atom is -0.385 e. The van der Waals surface area contributed by atoms with E-state index >= 15 is 0 Å². The topological polar surface area (TPSA) is 96.0 Å². The van der Waals surface area contributed by atoms with Crippen LogP contribution in [0.15, 0.2) is 18.2 Å². The number of unbranched alkanes of at least 4 members (excludes halogenated alkanes) is 1. The zero-order chi connectivity index (χ0) is 22.4. The van der Waals surface area contributed by atoms with Gasteiger partial charge in [0.15, 0.2) is 0 Å². The molecule has 0 unspecified atom stereocenters. The molecular weight excluding hydrogens is 398 g/mol. The molecule has 0 aromatic heterocycles. The first kappa shape index (κ1) is 22.9. The molecule has 2 aliphatic rings. The van der Waals surface area contributed by atoms with E-state index in [2.05, 4.69) is 12.2 Å². The van der Waals surface area contributed by atoms with Crippen molar-refractivity contribution in [1.82, 2.24) is 15.1 Å². The van der Waals surface area contributed by atoms with Crippen LogP contribution in [-0.4, -0.2) is 72.8 Å². The monoisotopic (exact) mass is 429 g/mol. The number of fused-ring (bicyclic) bond motifs is 1. The molecule has 1 aromatic rings. The second kappa shape index (κ2) is 10.5. The highest BCUT2D eigenvalue weighted by Gasteiger charge is 2.36. The van der Waals surface area contributed by atoms with Gasteiger partial charge in [0, 0.05) is 51.4 Å². The summed E-state index contributed by atoms with van der Waals surface area (Å²) in [5.41, 5.74) is 1.03. The number of rotatable bonds is 9. The van der Waals surface area contributed by atoms with Crippen LogP contribution in [-0.2, 0) is 9.53 Å². The van der Waals surface area contributed by atoms with Crippen molar-refractivity contribution in [1.29, 1.82) is 0 Å². The predicted octanol–water partition coefficient (Wildman–Crippen LogP) is 2.23. The van der Waals surface area contributed by atoms with Crippen molar-refractivity contribution >= 4 is 23.6 Å². The zero-order valence-electron chi connectivity index (χ0n) is 18.3. The molecule has 0 spiro atoms. The van der Waals surface area contributed by atoms with Gasteiger partial charge in [-0.3, -0.25) is 24.1 Å². The standard InChI is InChI=1S/C23H31N3O5/c1-3-4-6-20(27)24-17-9-12-25(13-10-17)21(28)16-7-8-18-19(15-16)23(30)26(22(18)29)11-5-14-31-2/h7-8,15,17H,3-6,9-14H2,1-2H3,(H,24,27). The lowest BCUT2D eigenvalue weighted by Crippen LogP contribution is -2.46. The van der Waals surface area contributed by atoms with E-state index in [4.69, 9.17) is 4.74 Å². The number of nitrogens with zero attached hydrogens (tertiary/aromatic N) is 2. The molecule has 1 aromatic carbocycles. The van der Waals surface area contributed by atoms with Crippen LogP contribution in [0, 0.1) is 0 Å². The van der Waals surface area contributed by atoms with Gasteiger partial charge in [0.2, 0.25) is 5.91 Å². The van der Waals surface area contributed by atoms with Gasteiger partial charge in [0.1, 0.15) is 0 Å². The van der Waals surface area contributed by atoms with Crippen LogP contribution in [0.2, 0.25) is 0 Å². The number of ether oxygens (including phenoxy) is 1. The number of benzene rings is 1. The molecule has 1 fully saturated rings. The van der Waals surface area contributed by atoms with Crippen LogP contribution < -0.4 is 5.32 Å². The highest BCUT2D eigenvalue weighted by molar-refractivity contribution is 6.22. The summed E-state index contributed by atoms with van der Waals surface area (Å²) in [7, 11) is 1.57. The van der Waals surface area contributed by atoms with Crippen molar-refractivity contribution in [3.8, 4) is 0 Å². The van der Waals surface area contributed by atoms with Crippen molar-refractivity contribution in [2.75, 3.05) is 33.4 Å². The molecular formula is C23H31N3O5. The van der Waals surface area contributed by atoms with Gasteiger partial charge in [-0.1, -0.05) is 13.3 Å². The fourth-order valence-electron chi connectivity index (χ4n) is 4.04. The van der Waals surface area contributed by atoms with Crippen LogP contribution >= 0.6 is 0 Å². The van der Waals surface area contributed by atoms with Crippen molar-refractivity contribution in [2.24, 2.45) is 0 Å². The number of carbonyl (C=O) groups is 4. The molecule has 8 nitrogen and oxygen atoms in total. The van der Waals surface area contributed by atoms with E-state index in [0.29, 0.717) is 63.1 Å². The Balaban J connectivity index is 1.59. The Kier molecular flexibility index (Phi) is 7.79. The summed E-state index contributed by atoms with van der Waals surface area (Å²) in [5, 5.41) is 3.05. The number of nitrogens with one attached hydrogen (secondary N) is 1. The summed E-state index contributed by atoms with van der Waals surface area (Å²) in [6.45, 7) is 3.90. The summed E-state index contributed by atoms with van der Waals surface area (Å²) >= 11 is 0. The van der Waals surface area contributed by atoms with Crippen molar-refractivity contribution < 1.29 is 23.9 Å². The fraction of sp³-hybridized carbons (Fsp3) is 0.565. The Hall–Kier alpha value is -2.74. The number of amides is 4. The number of piperidine rings is 1. The first-order chi connectivity index (χ1) is 15.0. The van der Waals surface area contributed by atoms with Gasteiger partial charge in [0.25, 0.3) is 17.7 Å². The van der Waals surface area contributed by atoms with Gasteiger partial charge in [-0.15, -0.1) is 0 Å². The Morgan fingerprint density at radius 2 is 1.81 bits per heavy atom. The van der Waals surface area contributed by atoms with Crippen LogP contribution in [0.3, 0.4) is 0 Å². The second-order valence-electron chi connectivity index (χ2n) is 8.11. The minimum absolute atomic E-state index is 0.0727. The maximum absolute atomic E-state index is 13.0. The molecule has 168 valence electrons. The Labute approximate surface area is 182 Å². The van der Waals surface area contributed by atoms with E-state index in [-0.39, 0.29) is 35.2 Å². The van der Waals surface area contributed by atoms with E-state index in [9.17, 15) is 19.2 Å². The highest BCUT2D eigenvalue weighted by atomic mass is 16.5. The maximum Gasteiger partial charge on any atom is 0.261 e. The molecule has 0 aliphatic carbocycles. The van der Waals surface area contributed by atoms with Gasteiger partial charge in [0.05, 0.1) is 11.1 Å². The first-order valence-corrected chi connectivity index (χ1v) is 11.0. The molecule has 3 rings (SSSR count). The minimum atomic E-state index is -0.362. The smallest absolute Gasteiger partial charge is 0.261 e. The van der Waals surface area contributed by atoms with E-state index in [0.717, 1.165) is 12.8 Å². The number of hydrogen-bond acceptors (Lipinski definition) is 5. The van der Waals surface area contributed by atoms with Crippen molar-refractivity contribution in [2.45, 2.75) is 51.5 Å². The summed E-state index contributed by atoms with van der Waals surface area (Å²) < 4.78 is 4.99.